The quantitative estimate of drug-likeness (QED) is 0.755. The molecule has 4 amide bonds. The minimum absolute atomic E-state index is 0.0380. The molecule has 1 aromatic carbocycles. The molecule has 27 heavy (non-hydrogen) atoms. The Morgan fingerprint density at radius 1 is 1.15 bits per heavy atom. The molecular weight excluding hydrogens is 344 g/mol. The van der Waals surface area contributed by atoms with E-state index in [0.29, 0.717) is 6.54 Å². The summed E-state index contributed by atoms with van der Waals surface area (Å²) in [6, 6.07) is 8.35. The molecule has 1 fully saturated rings. The monoisotopic (exact) mass is 374 g/mol. The van der Waals surface area contributed by atoms with Crippen LogP contribution < -0.4 is 16.0 Å². The third kappa shape index (κ3) is 6.67. The van der Waals surface area contributed by atoms with Crippen molar-refractivity contribution in [2.24, 2.45) is 5.92 Å². The molecule has 0 radical (unpaired) electrons. The number of rotatable bonds is 4. The number of hydrogen-bond donors (Lipinski definition) is 3. The van der Waals surface area contributed by atoms with Gasteiger partial charge in [0, 0.05) is 17.8 Å². The molecular formula is C20H30N4O3. The van der Waals surface area contributed by atoms with Gasteiger partial charge in [0.15, 0.2) is 0 Å². The highest BCUT2D eigenvalue weighted by Gasteiger charge is 2.31. The second-order valence-electron chi connectivity index (χ2n) is 8.06. The summed E-state index contributed by atoms with van der Waals surface area (Å²) in [5.41, 5.74) is 0.351. The highest BCUT2D eigenvalue weighted by atomic mass is 16.2. The summed E-state index contributed by atoms with van der Waals surface area (Å²) in [5, 5.41) is 8.02. The number of imide groups is 1. The number of urea groups is 1. The van der Waals surface area contributed by atoms with Crippen LogP contribution in [0.4, 0.5) is 10.5 Å². The van der Waals surface area contributed by atoms with Gasteiger partial charge in [0.1, 0.15) is 0 Å². The van der Waals surface area contributed by atoms with Crippen molar-refractivity contribution in [1.82, 2.24) is 15.5 Å². The molecule has 0 bridgehead atoms. The number of carbonyl (C=O) groups excluding carboxylic acids is 3. The molecule has 0 spiro atoms. The van der Waals surface area contributed by atoms with Crippen LogP contribution in [-0.2, 0) is 9.59 Å². The maximum Gasteiger partial charge on any atom is 0.321 e. The summed E-state index contributed by atoms with van der Waals surface area (Å²) in [5.74, 6) is -0.581. The first-order valence-electron chi connectivity index (χ1n) is 9.38. The molecule has 148 valence electrons. The van der Waals surface area contributed by atoms with E-state index in [4.69, 9.17) is 0 Å². The molecule has 0 aromatic heterocycles. The number of hydrogen-bond acceptors (Lipinski definition) is 4. The van der Waals surface area contributed by atoms with Gasteiger partial charge in [0.25, 0.3) is 0 Å². The van der Waals surface area contributed by atoms with E-state index in [1.54, 1.807) is 6.92 Å². The van der Waals surface area contributed by atoms with Crippen LogP contribution in [0, 0.1) is 5.92 Å². The largest absolute Gasteiger partial charge is 0.333 e. The Morgan fingerprint density at radius 3 is 2.44 bits per heavy atom. The normalized spacial score (nSPS) is 19.0. The van der Waals surface area contributed by atoms with Crippen molar-refractivity contribution >= 4 is 23.5 Å². The van der Waals surface area contributed by atoms with Crippen molar-refractivity contribution in [1.29, 1.82) is 0 Å². The number of benzene rings is 1. The molecule has 2 atom stereocenters. The molecule has 3 N–H and O–H groups in total. The van der Waals surface area contributed by atoms with Crippen LogP contribution in [0.25, 0.3) is 0 Å². The first-order valence-corrected chi connectivity index (χ1v) is 9.38. The summed E-state index contributed by atoms with van der Waals surface area (Å²) in [4.78, 5) is 38.8. The van der Waals surface area contributed by atoms with Crippen molar-refractivity contribution in [2.45, 2.75) is 52.1 Å². The smallest absolute Gasteiger partial charge is 0.321 e. The van der Waals surface area contributed by atoms with Crippen molar-refractivity contribution in [3.63, 3.8) is 0 Å². The van der Waals surface area contributed by atoms with Crippen LogP contribution in [0.5, 0.6) is 0 Å². The van der Waals surface area contributed by atoms with Crippen LogP contribution in [0.15, 0.2) is 30.3 Å². The highest BCUT2D eigenvalue weighted by Crippen LogP contribution is 2.20. The lowest BCUT2D eigenvalue weighted by Crippen LogP contribution is -2.55. The van der Waals surface area contributed by atoms with Gasteiger partial charge in [-0.3, -0.25) is 19.8 Å². The minimum Gasteiger partial charge on any atom is -0.333 e. The van der Waals surface area contributed by atoms with Gasteiger partial charge in [-0.1, -0.05) is 18.2 Å². The van der Waals surface area contributed by atoms with Gasteiger partial charge in [-0.25, -0.2) is 4.79 Å². The number of para-hydroxylation sites is 1. The van der Waals surface area contributed by atoms with E-state index in [1.165, 1.54) is 0 Å². The summed E-state index contributed by atoms with van der Waals surface area (Å²) in [7, 11) is 0. The SMILES string of the molecule is CC(C(=O)NC(=O)NC(C)(C)C)N1CCCC(C(=O)Nc2ccccc2)C1. The maximum atomic E-state index is 12.5. The number of carbonyl (C=O) groups is 3. The molecule has 1 aromatic rings. The standard InChI is InChI=1S/C20H30N4O3/c1-14(17(25)22-19(27)23-20(2,3)4)24-12-8-9-15(13-24)18(26)21-16-10-6-5-7-11-16/h5-7,10-11,14-15H,8-9,12-13H2,1-4H3,(H,21,26)(H2,22,23,25,27). The Balaban J connectivity index is 1.89. The number of nitrogens with zero attached hydrogens (tertiary/aromatic N) is 1. The Morgan fingerprint density at radius 2 is 1.81 bits per heavy atom. The fourth-order valence-electron chi connectivity index (χ4n) is 3.09. The minimum atomic E-state index is -0.505. The molecule has 0 saturated carbocycles. The van der Waals surface area contributed by atoms with Gasteiger partial charge in [-0.2, -0.15) is 0 Å². The molecule has 7 nitrogen and oxygen atoms in total. The van der Waals surface area contributed by atoms with E-state index < -0.39 is 17.6 Å². The van der Waals surface area contributed by atoms with Gasteiger partial charge in [0.2, 0.25) is 11.8 Å². The summed E-state index contributed by atoms with van der Waals surface area (Å²) >= 11 is 0. The lowest BCUT2D eigenvalue weighted by Gasteiger charge is -2.35. The van der Waals surface area contributed by atoms with Crippen LogP contribution in [0.3, 0.4) is 0 Å². The molecule has 1 heterocycles. The predicted octanol–water partition coefficient (Wildman–Crippen LogP) is 2.35. The second kappa shape index (κ2) is 8.99. The summed E-state index contributed by atoms with van der Waals surface area (Å²) in [6.45, 7) is 8.53. The third-order valence-electron chi connectivity index (χ3n) is 4.52. The first kappa shape index (κ1) is 20.9. The van der Waals surface area contributed by atoms with E-state index in [0.717, 1.165) is 25.1 Å². The zero-order valence-electron chi connectivity index (χ0n) is 16.5. The molecule has 7 heteroatoms. The van der Waals surface area contributed by atoms with Crippen molar-refractivity contribution in [3.05, 3.63) is 30.3 Å². The lowest BCUT2D eigenvalue weighted by molar-refractivity contribution is -0.128. The predicted molar refractivity (Wildman–Crippen MR) is 105 cm³/mol. The van der Waals surface area contributed by atoms with Crippen LogP contribution in [0.2, 0.25) is 0 Å². The average Bonchev–Trinajstić information content (AvgIpc) is 2.60. The number of anilines is 1. The zero-order chi connectivity index (χ0) is 20.0. The first-order chi connectivity index (χ1) is 12.7. The molecule has 1 aliphatic rings. The average molecular weight is 374 g/mol. The van der Waals surface area contributed by atoms with Crippen molar-refractivity contribution in [2.75, 3.05) is 18.4 Å². The number of likely N-dealkylation sites (tertiary alicyclic amines) is 1. The maximum absolute atomic E-state index is 12.5. The van der Waals surface area contributed by atoms with Gasteiger partial charge >= 0.3 is 6.03 Å². The second-order valence-corrected chi connectivity index (χ2v) is 8.06. The van der Waals surface area contributed by atoms with Crippen LogP contribution in [-0.4, -0.2) is 47.4 Å². The van der Waals surface area contributed by atoms with E-state index >= 15 is 0 Å². The molecule has 2 unspecified atom stereocenters. The molecule has 0 aliphatic carbocycles. The van der Waals surface area contributed by atoms with E-state index in [9.17, 15) is 14.4 Å². The van der Waals surface area contributed by atoms with E-state index in [1.807, 2.05) is 56.0 Å². The molecule has 2 rings (SSSR count). The van der Waals surface area contributed by atoms with Crippen molar-refractivity contribution in [3.8, 4) is 0 Å². The Hall–Kier alpha value is -2.41. The Kier molecular flexibility index (Phi) is 6.96. The van der Waals surface area contributed by atoms with Gasteiger partial charge in [-0.05, 0) is 59.2 Å². The van der Waals surface area contributed by atoms with Crippen LogP contribution >= 0.6 is 0 Å². The Labute approximate surface area is 160 Å². The van der Waals surface area contributed by atoms with E-state index in [2.05, 4.69) is 16.0 Å². The Bertz CT molecular complexity index is 670. The topological polar surface area (TPSA) is 90.5 Å². The number of piperidine rings is 1. The van der Waals surface area contributed by atoms with Gasteiger partial charge < -0.3 is 10.6 Å². The number of nitrogens with one attached hydrogen (secondary N) is 3. The molecule has 1 saturated heterocycles. The lowest BCUT2D eigenvalue weighted by atomic mass is 9.95. The fourth-order valence-corrected chi connectivity index (χ4v) is 3.09. The van der Waals surface area contributed by atoms with Gasteiger partial charge in [0.05, 0.1) is 12.0 Å². The summed E-state index contributed by atoms with van der Waals surface area (Å²) < 4.78 is 0. The fraction of sp³-hybridized carbons (Fsp3) is 0.550. The van der Waals surface area contributed by atoms with Gasteiger partial charge in [-0.15, -0.1) is 0 Å². The third-order valence-corrected chi connectivity index (χ3v) is 4.52. The highest BCUT2D eigenvalue weighted by molar-refractivity contribution is 5.97. The number of amides is 4. The van der Waals surface area contributed by atoms with Crippen molar-refractivity contribution < 1.29 is 14.4 Å². The van der Waals surface area contributed by atoms with Crippen LogP contribution in [0.1, 0.15) is 40.5 Å². The summed E-state index contributed by atoms with van der Waals surface area (Å²) in [6.07, 6.45) is 1.62. The molecule has 1 aliphatic heterocycles. The van der Waals surface area contributed by atoms with E-state index in [-0.39, 0.29) is 17.7 Å². The zero-order valence-corrected chi connectivity index (χ0v) is 16.5.